The largest absolute Gasteiger partial charge is 0.310 e. The van der Waals surface area contributed by atoms with Crippen LogP contribution in [0.4, 0.5) is 0 Å². The van der Waals surface area contributed by atoms with Crippen molar-refractivity contribution in [2.24, 2.45) is 0 Å². The molecule has 1 aliphatic carbocycles. The number of rotatable bonds is 6. The van der Waals surface area contributed by atoms with E-state index in [1.165, 1.54) is 24.8 Å². The van der Waals surface area contributed by atoms with E-state index in [1.54, 1.807) is 0 Å². The lowest BCUT2D eigenvalue weighted by Gasteiger charge is -2.43. The topological polar surface area (TPSA) is 12.0 Å². The Morgan fingerprint density at radius 1 is 1.22 bits per heavy atom. The first-order valence-corrected chi connectivity index (χ1v) is 8.12. The maximum absolute atomic E-state index is 3.78. The lowest BCUT2D eigenvalue weighted by atomic mass is 9.83. The fourth-order valence-electron chi connectivity index (χ4n) is 2.59. The van der Waals surface area contributed by atoms with Crippen molar-refractivity contribution < 1.29 is 0 Å². The highest BCUT2D eigenvalue weighted by Crippen LogP contribution is 2.42. The van der Waals surface area contributed by atoms with Crippen LogP contribution in [0.25, 0.3) is 0 Å². The first-order valence-electron chi connectivity index (χ1n) is 6.89. The fraction of sp³-hybridized carbons (Fsp3) is 0.625. The molecule has 2 rings (SSSR count). The van der Waals surface area contributed by atoms with Gasteiger partial charge in [-0.1, -0.05) is 36.8 Å². The SMILES string of the molecule is CSC1(CNC(C)(C)Cc2ccccc2)CCC1. The molecule has 100 valence electrons. The van der Waals surface area contributed by atoms with Crippen molar-refractivity contribution >= 4 is 11.8 Å². The summed E-state index contributed by atoms with van der Waals surface area (Å²) in [5.41, 5.74) is 1.60. The molecular formula is C16H25NS. The van der Waals surface area contributed by atoms with Crippen LogP contribution in [0.15, 0.2) is 30.3 Å². The van der Waals surface area contributed by atoms with Gasteiger partial charge in [0.05, 0.1) is 0 Å². The third kappa shape index (κ3) is 3.52. The van der Waals surface area contributed by atoms with E-state index >= 15 is 0 Å². The van der Waals surface area contributed by atoms with Gasteiger partial charge < -0.3 is 5.32 Å². The van der Waals surface area contributed by atoms with Crippen LogP contribution in [0.3, 0.4) is 0 Å². The van der Waals surface area contributed by atoms with E-state index in [9.17, 15) is 0 Å². The molecule has 1 aromatic rings. The molecule has 0 amide bonds. The molecule has 0 radical (unpaired) electrons. The maximum atomic E-state index is 3.78. The Morgan fingerprint density at radius 3 is 2.39 bits per heavy atom. The van der Waals surface area contributed by atoms with Gasteiger partial charge in [0.25, 0.3) is 0 Å². The highest BCUT2D eigenvalue weighted by molar-refractivity contribution is 8.00. The van der Waals surface area contributed by atoms with Gasteiger partial charge in [-0.05, 0) is 44.9 Å². The monoisotopic (exact) mass is 263 g/mol. The predicted octanol–water partition coefficient (Wildman–Crippen LogP) is 3.88. The van der Waals surface area contributed by atoms with E-state index in [0.717, 1.165) is 13.0 Å². The van der Waals surface area contributed by atoms with Gasteiger partial charge in [0.15, 0.2) is 0 Å². The van der Waals surface area contributed by atoms with E-state index in [1.807, 2.05) is 11.8 Å². The standard InChI is InChI=1S/C16H25NS/c1-15(2,12-14-8-5-4-6-9-14)17-13-16(18-3)10-7-11-16/h4-6,8-9,17H,7,10-13H2,1-3H3. The molecule has 0 saturated heterocycles. The predicted molar refractivity (Wildman–Crippen MR) is 82.3 cm³/mol. The fourth-order valence-corrected chi connectivity index (χ4v) is 3.51. The Balaban J connectivity index is 1.87. The third-order valence-electron chi connectivity index (χ3n) is 4.08. The van der Waals surface area contributed by atoms with Crippen molar-refractivity contribution in [3.05, 3.63) is 35.9 Å². The molecule has 1 aromatic carbocycles. The van der Waals surface area contributed by atoms with Gasteiger partial charge in [0.2, 0.25) is 0 Å². The van der Waals surface area contributed by atoms with Gasteiger partial charge in [-0.2, -0.15) is 11.8 Å². The van der Waals surface area contributed by atoms with E-state index in [2.05, 4.69) is 55.8 Å². The highest BCUT2D eigenvalue weighted by atomic mass is 32.2. The van der Waals surface area contributed by atoms with Gasteiger partial charge in [0.1, 0.15) is 0 Å². The van der Waals surface area contributed by atoms with Crippen LogP contribution < -0.4 is 5.32 Å². The molecule has 0 atom stereocenters. The van der Waals surface area contributed by atoms with E-state index in [4.69, 9.17) is 0 Å². The quantitative estimate of drug-likeness (QED) is 0.836. The molecule has 1 aliphatic rings. The zero-order valence-electron chi connectivity index (χ0n) is 11.8. The first kappa shape index (κ1) is 14.0. The summed E-state index contributed by atoms with van der Waals surface area (Å²) in [6.07, 6.45) is 7.51. The molecule has 0 bridgehead atoms. The first-order chi connectivity index (χ1) is 8.55. The summed E-state index contributed by atoms with van der Waals surface area (Å²) in [5, 5.41) is 3.78. The van der Waals surface area contributed by atoms with Crippen molar-refractivity contribution in [1.29, 1.82) is 0 Å². The summed E-state index contributed by atoms with van der Waals surface area (Å²) in [6.45, 7) is 5.77. The van der Waals surface area contributed by atoms with Crippen LogP contribution in [0.2, 0.25) is 0 Å². The van der Waals surface area contributed by atoms with Gasteiger partial charge in [0, 0.05) is 16.8 Å². The molecular weight excluding hydrogens is 238 g/mol. The Kier molecular flexibility index (Phi) is 4.39. The molecule has 1 saturated carbocycles. The Hall–Kier alpha value is -0.470. The molecule has 18 heavy (non-hydrogen) atoms. The lowest BCUT2D eigenvalue weighted by Crippen LogP contribution is -2.51. The maximum Gasteiger partial charge on any atom is 0.0281 e. The van der Waals surface area contributed by atoms with Crippen molar-refractivity contribution in [2.75, 3.05) is 12.8 Å². The lowest BCUT2D eigenvalue weighted by molar-refractivity contribution is 0.293. The summed E-state index contributed by atoms with van der Waals surface area (Å²) in [5.74, 6) is 0. The Morgan fingerprint density at radius 2 is 1.89 bits per heavy atom. The average molecular weight is 263 g/mol. The molecule has 1 nitrogen and oxygen atoms in total. The summed E-state index contributed by atoms with van der Waals surface area (Å²) in [4.78, 5) is 0. The number of benzene rings is 1. The minimum absolute atomic E-state index is 0.180. The zero-order chi connectivity index (χ0) is 13.1. The number of thioether (sulfide) groups is 1. The van der Waals surface area contributed by atoms with Crippen LogP contribution in [-0.4, -0.2) is 23.1 Å². The van der Waals surface area contributed by atoms with Crippen LogP contribution >= 0.6 is 11.8 Å². The van der Waals surface area contributed by atoms with Gasteiger partial charge in [-0.25, -0.2) is 0 Å². The minimum atomic E-state index is 0.180. The molecule has 0 unspecified atom stereocenters. The minimum Gasteiger partial charge on any atom is -0.310 e. The zero-order valence-corrected chi connectivity index (χ0v) is 12.6. The Labute approximate surface area is 116 Å². The number of hydrogen-bond donors (Lipinski definition) is 1. The van der Waals surface area contributed by atoms with Crippen molar-refractivity contribution in [1.82, 2.24) is 5.32 Å². The summed E-state index contributed by atoms with van der Waals surface area (Å²) in [6, 6.07) is 10.8. The normalized spacial score (nSPS) is 18.4. The van der Waals surface area contributed by atoms with Crippen molar-refractivity contribution in [3.8, 4) is 0 Å². The number of hydrogen-bond acceptors (Lipinski definition) is 2. The number of nitrogens with one attached hydrogen (secondary N) is 1. The third-order valence-corrected chi connectivity index (χ3v) is 5.49. The summed E-state index contributed by atoms with van der Waals surface area (Å²) < 4.78 is 0.522. The summed E-state index contributed by atoms with van der Waals surface area (Å²) >= 11 is 2.04. The second-order valence-corrected chi connectivity index (χ2v) is 7.41. The molecule has 1 fully saturated rings. The molecule has 2 heteroatoms. The van der Waals surface area contributed by atoms with Gasteiger partial charge in [-0.15, -0.1) is 0 Å². The second-order valence-electron chi connectivity index (χ2n) is 6.14. The van der Waals surface area contributed by atoms with Gasteiger partial charge >= 0.3 is 0 Å². The summed E-state index contributed by atoms with van der Waals surface area (Å²) in [7, 11) is 0. The second kappa shape index (κ2) is 5.66. The van der Waals surface area contributed by atoms with Crippen LogP contribution in [-0.2, 0) is 6.42 Å². The average Bonchev–Trinajstić information content (AvgIpc) is 2.29. The molecule has 0 heterocycles. The van der Waals surface area contributed by atoms with E-state index in [0.29, 0.717) is 4.75 Å². The van der Waals surface area contributed by atoms with E-state index < -0.39 is 0 Å². The molecule has 1 N–H and O–H groups in total. The van der Waals surface area contributed by atoms with Crippen LogP contribution in [0, 0.1) is 0 Å². The van der Waals surface area contributed by atoms with Crippen molar-refractivity contribution in [3.63, 3.8) is 0 Å². The molecule has 0 spiro atoms. The van der Waals surface area contributed by atoms with Crippen LogP contribution in [0.5, 0.6) is 0 Å². The van der Waals surface area contributed by atoms with E-state index in [-0.39, 0.29) is 5.54 Å². The molecule has 0 aromatic heterocycles. The Bertz CT molecular complexity index is 362. The molecule has 0 aliphatic heterocycles. The van der Waals surface area contributed by atoms with Crippen molar-refractivity contribution in [2.45, 2.75) is 49.8 Å². The van der Waals surface area contributed by atoms with Gasteiger partial charge in [-0.3, -0.25) is 0 Å². The van der Waals surface area contributed by atoms with Crippen LogP contribution in [0.1, 0.15) is 38.7 Å². The smallest absolute Gasteiger partial charge is 0.0281 e. The highest BCUT2D eigenvalue weighted by Gasteiger charge is 2.37.